The van der Waals surface area contributed by atoms with Crippen LogP contribution in [0.15, 0.2) is 54.6 Å². The SMILES string of the molecule is C[C@@H](OC(=O)/C=C/c1ccc([N+](=O)[O-])cc1)C(=O)N1c2ccccc2C[C@@H]1C. The fourth-order valence-corrected chi connectivity index (χ4v) is 3.23. The summed E-state index contributed by atoms with van der Waals surface area (Å²) in [6.07, 6.45) is 2.52. The zero-order chi connectivity index (χ0) is 20.3. The molecule has 0 N–H and O–H groups in total. The van der Waals surface area contributed by atoms with Crippen LogP contribution in [0.2, 0.25) is 0 Å². The van der Waals surface area contributed by atoms with Crippen molar-refractivity contribution in [2.75, 3.05) is 4.90 Å². The van der Waals surface area contributed by atoms with Crippen molar-refractivity contribution < 1.29 is 19.2 Å². The number of nitro groups is 1. The van der Waals surface area contributed by atoms with Crippen molar-refractivity contribution in [2.24, 2.45) is 0 Å². The first-order chi connectivity index (χ1) is 13.4. The number of nitro benzene ring substituents is 1. The topological polar surface area (TPSA) is 89.7 Å². The monoisotopic (exact) mass is 380 g/mol. The Morgan fingerprint density at radius 2 is 1.89 bits per heavy atom. The Kier molecular flexibility index (Phi) is 5.54. The molecule has 3 rings (SSSR count). The summed E-state index contributed by atoms with van der Waals surface area (Å²) in [6, 6.07) is 13.4. The molecule has 2 aromatic rings. The normalized spacial score (nSPS) is 16.6. The molecule has 1 aliphatic heterocycles. The van der Waals surface area contributed by atoms with Crippen molar-refractivity contribution in [3.63, 3.8) is 0 Å². The molecule has 0 saturated carbocycles. The Balaban J connectivity index is 1.62. The van der Waals surface area contributed by atoms with Crippen molar-refractivity contribution in [3.8, 4) is 0 Å². The summed E-state index contributed by atoms with van der Waals surface area (Å²) in [5.41, 5.74) is 2.53. The minimum absolute atomic E-state index is 0.00158. The van der Waals surface area contributed by atoms with Gasteiger partial charge < -0.3 is 9.64 Å². The van der Waals surface area contributed by atoms with Crippen molar-refractivity contribution >= 4 is 29.3 Å². The summed E-state index contributed by atoms with van der Waals surface area (Å²) in [5.74, 6) is -0.922. The number of nitrogens with zero attached hydrogens (tertiary/aromatic N) is 2. The summed E-state index contributed by atoms with van der Waals surface area (Å²) in [6.45, 7) is 3.51. The highest BCUT2D eigenvalue weighted by Gasteiger charge is 2.34. The van der Waals surface area contributed by atoms with E-state index < -0.39 is 17.0 Å². The van der Waals surface area contributed by atoms with Gasteiger partial charge in [0, 0.05) is 29.9 Å². The van der Waals surface area contributed by atoms with Crippen LogP contribution in [-0.4, -0.2) is 28.9 Å². The molecule has 0 bridgehead atoms. The number of ether oxygens (including phenoxy) is 1. The lowest BCUT2D eigenvalue weighted by molar-refractivity contribution is -0.384. The zero-order valence-corrected chi connectivity index (χ0v) is 15.6. The molecule has 144 valence electrons. The first kappa shape index (κ1) is 19.3. The minimum Gasteiger partial charge on any atom is -0.449 e. The van der Waals surface area contributed by atoms with Gasteiger partial charge in [-0.1, -0.05) is 18.2 Å². The molecular formula is C21H20N2O5. The second-order valence-corrected chi connectivity index (χ2v) is 6.65. The van der Waals surface area contributed by atoms with Crippen molar-refractivity contribution in [1.29, 1.82) is 0 Å². The van der Waals surface area contributed by atoms with Crippen LogP contribution in [-0.2, 0) is 20.7 Å². The lowest BCUT2D eigenvalue weighted by atomic mass is 10.1. The van der Waals surface area contributed by atoms with Crippen LogP contribution < -0.4 is 4.90 Å². The van der Waals surface area contributed by atoms with E-state index in [1.54, 1.807) is 11.8 Å². The predicted octanol–water partition coefficient (Wildman–Crippen LogP) is 3.52. The summed E-state index contributed by atoms with van der Waals surface area (Å²) in [4.78, 5) is 36.7. The van der Waals surface area contributed by atoms with Gasteiger partial charge in [-0.05, 0) is 55.7 Å². The predicted molar refractivity (Wildman–Crippen MR) is 105 cm³/mol. The highest BCUT2D eigenvalue weighted by atomic mass is 16.6. The number of benzene rings is 2. The molecule has 1 aliphatic rings. The van der Waals surface area contributed by atoms with E-state index in [9.17, 15) is 19.7 Å². The summed E-state index contributed by atoms with van der Waals surface area (Å²) in [7, 11) is 0. The molecule has 0 aliphatic carbocycles. The summed E-state index contributed by atoms with van der Waals surface area (Å²) >= 11 is 0. The van der Waals surface area contributed by atoms with Crippen molar-refractivity contribution in [1.82, 2.24) is 0 Å². The Hall–Kier alpha value is -3.48. The van der Waals surface area contributed by atoms with Crippen molar-refractivity contribution in [2.45, 2.75) is 32.4 Å². The molecule has 1 amide bonds. The van der Waals surface area contributed by atoms with Gasteiger partial charge in [0.05, 0.1) is 4.92 Å². The quantitative estimate of drug-likeness (QED) is 0.343. The van der Waals surface area contributed by atoms with E-state index >= 15 is 0 Å². The van der Waals surface area contributed by atoms with Gasteiger partial charge in [0.2, 0.25) is 0 Å². The molecule has 28 heavy (non-hydrogen) atoms. The van der Waals surface area contributed by atoms with Gasteiger partial charge >= 0.3 is 5.97 Å². The highest BCUT2D eigenvalue weighted by molar-refractivity contribution is 6.00. The minimum atomic E-state index is -0.928. The molecule has 0 aromatic heterocycles. The number of non-ortho nitro benzene ring substituents is 1. The first-order valence-corrected chi connectivity index (χ1v) is 8.91. The van der Waals surface area contributed by atoms with E-state index in [1.807, 2.05) is 31.2 Å². The lowest BCUT2D eigenvalue weighted by Crippen LogP contribution is -2.43. The molecule has 0 fully saturated rings. The maximum absolute atomic E-state index is 12.8. The Morgan fingerprint density at radius 3 is 2.57 bits per heavy atom. The van der Waals surface area contributed by atoms with E-state index in [1.165, 1.54) is 36.4 Å². The lowest BCUT2D eigenvalue weighted by Gasteiger charge is -2.25. The fourth-order valence-electron chi connectivity index (χ4n) is 3.23. The second-order valence-electron chi connectivity index (χ2n) is 6.65. The molecule has 7 nitrogen and oxygen atoms in total. The summed E-state index contributed by atoms with van der Waals surface area (Å²) in [5, 5.41) is 10.7. The van der Waals surface area contributed by atoms with E-state index in [2.05, 4.69) is 0 Å². The van der Waals surface area contributed by atoms with E-state index in [0.717, 1.165) is 17.7 Å². The van der Waals surface area contributed by atoms with Crippen LogP contribution in [0.25, 0.3) is 6.08 Å². The standard InChI is InChI=1S/C21H20N2O5/c1-14-13-17-5-3-4-6-19(17)22(14)21(25)15(2)28-20(24)12-9-16-7-10-18(11-8-16)23(26)27/h3-12,14-15H,13H2,1-2H3/b12-9+/t14-,15+/m0/s1. The van der Waals surface area contributed by atoms with Gasteiger partial charge in [0.15, 0.2) is 6.10 Å². The third kappa shape index (κ3) is 4.09. The van der Waals surface area contributed by atoms with Crippen molar-refractivity contribution in [3.05, 3.63) is 75.8 Å². The Bertz CT molecular complexity index is 936. The van der Waals surface area contributed by atoms with Gasteiger partial charge in [-0.2, -0.15) is 0 Å². The first-order valence-electron chi connectivity index (χ1n) is 8.91. The molecule has 0 spiro atoms. The smallest absolute Gasteiger partial charge is 0.331 e. The number of fused-ring (bicyclic) bond motifs is 1. The Labute approximate surface area is 162 Å². The van der Waals surface area contributed by atoms with Gasteiger partial charge in [-0.25, -0.2) is 4.79 Å². The van der Waals surface area contributed by atoms with E-state index in [0.29, 0.717) is 5.56 Å². The second kappa shape index (κ2) is 8.04. The van der Waals surface area contributed by atoms with Gasteiger partial charge in [-0.3, -0.25) is 14.9 Å². The molecule has 1 heterocycles. The van der Waals surface area contributed by atoms with Crippen LogP contribution in [0.5, 0.6) is 0 Å². The van der Waals surface area contributed by atoms with Gasteiger partial charge in [0.25, 0.3) is 11.6 Å². The Morgan fingerprint density at radius 1 is 1.21 bits per heavy atom. The number of anilines is 1. The molecule has 0 saturated heterocycles. The average Bonchev–Trinajstić information content (AvgIpc) is 3.01. The maximum atomic E-state index is 12.8. The number of amides is 1. The van der Waals surface area contributed by atoms with Gasteiger partial charge in [-0.15, -0.1) is 0 Å². The molecule has 2 atom stereocenters. The number of esters is 1. The van der Waals surface area contributed by atoms with Crippen LogP contribution in [0.3, 0.4) is 0 Å². The van der Waals surface area contributed by atoms with Crippen LogP contribution in [0, 0.1) is 10.1 Å². The average molecular weight is 380 g/mol. The maximum Gasteiger partial charge on any atom is 0.331 e. The third-order valence-corrected chi connectivity index (χ3v) is 4.60. The molecule has 2 aromatic carbocycles. The van der Waals surface area contributed by atoms with E-state index in [-0.39, 0.29) is 17.6 Å². The number of carbonyl (C=O) groups is 2. The number of rotatable bonds is 5. The van der Waals surface area contributed by atoms with Crippen LogP contribution >= 0.6 is 0 Å². The van der Waals surface area contributed by atoms with Crippen LogP contribution in [0.4, 0.5) is 11.4 Å². The third-order valence-electron chi connectivity index (χ3n) is 4.60. The number of carbonyl (C=O) groups excluding carboxylic acids is 2. The van der Waals surface area contributed by atoms with Gasteiger partial charge in [0.1, 0.15) is 0 Å². The molecule has 7 heteroatoms. The molecule has 0 unspecified atom stereocenters. The zero-order valence-electron chi connectivity index (χ0n) is 15.6. The van der Waals surface area contributed by atoms with E-state index in [4.69, 9.17) is 4.74 Å². The fraction of sp³-hybridized carbons (Fsp3) is 0.238. The number of hydrogen-bond acceptors (Lipinski definition) is 5. The summed E-state index contributed by atoms with van der Waals surface area (Å²) < 4.78 is 5.25. The number of hydrogen-bond donors (Lipinski definition) is 0. The van der Waals surface area contributed by atoms with Crippen LogP contribution in [0.1, 0.15) is 25.0 Å². The molecular weight excluding hydrogens is 360 g/mol. The molecule has 0 radical (unpaired) electrons. The number of para-hydroxylation sites is 1. The highest BCUT2D eigenvalue weighted by Crippen LogP contribution is 2.32. The largest absolute Gasteiger partial charge is 0.449 e.